The number of carbonyl (C=O) groups excluding carboxylic acids is 1. The molecule has 0 atom stereocenters. The van der Waals surface area contributed by atoms with Crippen LogP contribution >= 0.6 is 0 Å². The van der Waals surface area contributed by atoms with E-state index in [0.29, 0.717) is 11.5 Å². The summed E-state index contributed by atoms with van der Waals surface area (Å²) in [7, 11) is 0. The lowest BCUT2D eigenvalue weighted by Crippen LogP contribution is -2.17. The number of amides is 1. The molecule has 2 N–H and O–H groups in total. The molecule has 134 valence electrons. The van der Waals surface area contributed by atoms with Gasteiger partial charge in [0.2, 0.25) is 5.95 Å². The maximum atomic E-state index is 12.5. The number of aryl methyl sites for hydroxylation is 2. The van der Waals surface area contributed by atoms with Crippen LogP contribution in [0.15, 0.2) is 48.9 Å². The van der Waals surface area contributed by atoms with Crippen molar-refractivity contribution in [1.29, 1.82) is 0 Å². The van der Waals surface area contributed by atoms with E-state index in [2.05, 4.69) is 32.6 Å². The molecule has 1 aromatic carbocycles. The minimum atomic E-state index is -0.252. The number of hydrogen-bond acceptors (Lipinski definition) is 5. The van der Waals surface area contributed by atoms with Gasteiger partial charge in [0.25, 0.3) is 5.91 Å². The van der Waals surface area contributed by atoms with Gasteiger partial charge in [0.15, 0.2) is 0 Å². The third-order valence-corrected chi connectivity index (χ3v) is 3.92. The molecule has 7 heteroatoms. The highest BCUT2D eigenvalue weighted by Gasteiger charge is 2.13. The first kappa shape index (κ1) is 17.6. The molecule has 26 heavy (non-hydrogen) atoms. The lowest BCUT2D eigenvalue weighted by molar-refractivity contribution is 0.102. The Morgan fingerprint density at radius 2 is 1.85 bits per heavy atom. The molecule has 3 rings (SSSR count). The highest BCUT2D eigenvalue weighted by atomic mass is 16.1. The zero-order valence-electron chi connectivity index (χ0n) is 14.9. The quantitative estimate of drug-likeness (QED) is 0.677. The van der Waals surface area contributed by atoms with Crippen molar-refractivity contribution in [3.05, 3.63) is 60.0 Å². The number of anilines is 3. The maximum Gasteiger partial charge on any atom is 0.259 e. The van der Waals surface area contributed by atoms with Crippen molar-refractivity contribution in [3.63, 3.8) is 0 Å². The Kier molecular flexibility index (Phi) is 5.58. The molecule has 1 amide bonds. The summed E-state index contributed by atoms with van der Waals surface area (Å²) in [5.41, 5.74) is 2.21. The lowest BCUT2D eigenvalue weighted by atomic mass is 10.3. The predicted octanol–water partition coefficient (Wildman–Crippen LogP) is 3.78. The number of nitrogens with one attached hydrogen (secondary N) is 2. The Balaban J connectivity index is 1.68. The van der Waals surface area contributed by atoms with Gasteiger partial charge in [-0.1, -0.05) is 31.5 Å². The molecule has 0 spiro atoms. The van der Waals surface area contributed by atoms with Crippen molar-refractivity contribution in [3.8, 4) is 0 Å². The Labute approximate surface area is 152 Å². The number of benzene rings is 1. The van der Waals surface area contributed by atoms with Gasteiger partial charge in [-0.2, -0.15) is 5.10 Å². The standard InChI is InChI=1S/C19H22N6O/c1-3-4-10-25-17(14(2)11-22-25)24-18(26)15-12-20-19(21-13-15)23-16-8-6-5-7-9-16/h5-9,11-13H,3-4,10H2,1-2H3,(H,24,26)(H,20,21,23). The van der Waals surface area contributed by atoms with Crippen LogP contribution in [0.4, 0.5) is 17.5 Å². The smallest absolute Gasteiger partial charge is 0.259 e. The van der Waals surface area contributed by atoms with Gasteiger partial charge in [0.1, 0.15) is 5.82 Å². The lowest BCUT2D eigenvalue weighted by Gasteiger charge is -2.10. The van der Waals surface area contributed by atoms with E-state index >= 15 is 0 Å². The molecule has 0 bridgehead atoms. The molecular weight excluding hydrogens is 328 g/mol. The zero-order chi connectivity index (χ0) is 18.4. The molecule has 0 unspecified atom stereocenters. The maximum absolute atomic E-state index is 12.5. The van der Waals surface area contributed by atoms with Crippen molar-refractivity contribution in [1.82, 2.24) is 19.7 Å². The van der Waals surface area contributed by atoms with Crippen LogP contribution in [-0.2, 0) is 6.54 Å². The first-order chi connectivity index (χ1) is 12.7. The van der Waals surface area contributed by atoms with E-state index in [0.717, 1.165) is 36.5 Å². The average Bonchev–Trinajstić information content (AvgIpc) is 3.01. The normalized spacial score (nSPS) is 10.5. The van der Waals surface area contributed by atoms with Crippen LogP contribution in [0.5, 0.6) is 0 Å². The number of nitrogens with zero attached hydrogens (tertiary/aromatic N) is 4. The summed E-state index contributed by atoms with van der Waals surface area (Å²) in [5, 5.41) is 10.3. The predicted molar refractivity (Wildman–Crippen MR) is 102 cm³/mol. The van der Waals surface area contributed by atoms with Gasteiger partial charge in [-0.15, -0.1) is 0 Å². The van der Waals surface area contributed by atoms with Crippen molar-refractivity contribution in [2.24, 2.45) is 0 Å². The van der Waals surface area contributed by atoms with E-state index in [4.69, 9.17) is 0 Å². The van der Waals surface area contributed by atoms with Crippen LogP contribution in [0.25, 0.3) is 0 Å². The van der Waals surface area contributed by atoms with E-state index in [1.165, 1.54) is 12.4 Å². The Bertz CT molecular complexity index is 857. The first-order valence-electron chi connectivity index (χ1n) is 8.65. The monoisotopic (exact) mass is 350 g/mol. The Morgan fingerprint density at radius 3 is 2.54 bits per heavy atom. The average molecular weight is 350 g/mol. The third-order valence-electron chi connectivity index (χ3n) is 3.92. The van der Waals surface area contributed by atoms with E-state index in [-0.39, 0.29) is 5.91 Å². The van der Waals surface area contributed by atoms with Crippen LogP contribution in [0.1, 0.15) is 35.7 Å². The molecule has 7 nitrogen and oxygen atoms in total. The fourth-order valence-corrected chi connectivity index (χ4v) is 2.46. The summed E-state index contributed by atoms with van der Waals surface area (Å²) in [5.74, 6) is 0.907. The van der Waals surface area contributed by atoms with E-state index in [1.807, 2.05) is 41.9 Å². The summed E-state index contributed by atoms with van der Waals surface area (Å²) >= 11 is 0. The summed E-state index contributed by atoms with van der Waals surface area (Å²) in [4.78, 5) is 20.9. The second-order valence-corrected chi connectivity index (χ2v) is 5.99. The third kappa shape index (κ3) is 4.24. The molecule has 0 saturated carbocycles. The van der Waals surface area contributed by atoms with Crippen LogP contribution in [-0.4, -0.2) is 25.7 Å². The van der Waals surface area contributed by atoms with Gasteiger partial charge in [-0.05, 0) is 25.5 Å². The van der Waals surface area contributed by atoms with Crippen molar-refractivity contribution in [2.75, 3.05) is 10.6 Å². The second-order valence-electron chi connectivity index (χ2n) is 5.99. The van der Waals surface area contributed by atoms with Gasteiger partial charge in [0, 0.05) is 30.2 Å². The molecule has 2 aromatic heterocycles. The first-order valence-corrected chi connectivity index (χ1v) is 8.65. The number of hydrogen-bond donors (Lipinski definition) is 2. The van der Waals surface area contributed by atoms with Gasteiger partial charge in [0.05, 0.1) is 11.8 Å². The molecule has 0 saturated heterocycles. The molecule has 0 aliphatic rings. The van der Waals surface area contributed by atoms with Crippen LogP contribution < -0.4 is 10.6 Å². The minimum Gasteiger partial charge on any atom is -0.324 e. The molecule has 0 radical (unpaired) electrons. The minimum absolute atomic E-state index is 0.252. The molecule has 0 aliphatic carbocycles. The van der Waals surface area contributed by atoms with E-state index in [9.17, 15) is 4.79 Å². The van der Waals surface area contributed by atoms with Gasteiger partial charge >= 0.3 is 0 Å². The zero-order valence-corrected chi connectivity index (χ0v) is 14.9. The number of unbranched alkanes of at least 4 members (excludes halogenated alkanes) is 1. The summed E-state index contributed by atoms with van der Waals surface area (Å²) < 4.78 is 1.82. The Morgan fingerprint density at radius 1 is 1.12 bits per heavy atom. The van der Waals surface area contributed by atoms with Crippen LogP contribution in [0.2, 0.25) is 0 Å². The summed E-state index contributed by atoms with van der Waals surface area (Å²) in [6, 6.07) is 9.63. The van der Waals surface area contributed by atoms with Crippen LogP contribution in [0.3, 0.4) is 0 Å². The fourth-order valence-electron chi connectivity index (χ4n) is 2.46. The molecular formula is C19H22N6O. The van der Waals surface area contributed by atoms with Gasteiger partial charge in [-0.3, -0.25) is 4.79 Å². The SMILES string of the molecule is CCCCn1ncc(C)c1NC(=O)c1cnc(Nc2ccccc2)nc1. The van der Waals surface area contributed by atoms with Gasteiger partial charge < -0.3 is 10.6 Å². The van der Waals surface area contributed by atoms with Crippen molar-refractivity contribution >= 4 is 23.4 Å². The summed E-state index contributed by atoms with van der Waals surface area (Å²) in [6.07, 6.45) is 6.85. The Hall–Kier alpha value is -3.22. The van der Waals surface area contributed by atoms with Crippen molar-refractivity contribution in [2.45, 2.75) is 33.2 Å². The molecule has 2 heterocycles. The highest BCUT2D eigenvalue weighted by Crippen LogP contribution is 2.16. The number of para-hydroxylation sites is 1. The topological polar surface area (TPSA) is 84.7 Å². The number of aromatic nitrogens is 4. The number of rotatable bonds is 7. The number of carbonyl (C=O) groups is 1. The van der Waals surface area contributed by atoms with Crippen LogP contribution in [0, 0.1) is 6.92 Å². The molecule has 0 fully saturated rings. The highest BCUT2D eigenvalue weighted by molar-refractivity contribution is 6.03. The second kappa shape index (κ2) is 8.24. The molecule has 0 aliphatic heterocycles. The largest absolute Gasteiger partial charge is 0.324 e. The van der Waals surface area contributed by atoms with Gasteiger partial charge in [-0.25, -0.2) is 14.6 Å². The van der Waals surface area contributed by atoms with E-state index in [1.54, 1.807) is 6.20 Å². The summed E-state index contributed by atoms with van der Waals surface area (Å²) in [6.45, 7) is 4.82. The fraction of sp³-hybridized carbons (Fsp3) is 0.263. The van der Waals surface area contributed by atoms with Crippen molar-refractivity contribution < 1.29 is 4.79 Å². The molecule has 3 aromatic rings. The van der Waals surface area contributed by atoms with E-state index < -0.39 is 0 Å².